The van der Waals surface area contributed by atoms with E-state index in [-0.39, 0.29) is 0 Å². The van der Waals surface area contributed by atoms with Crippen molar-refractivity contribution in [2.24, 2.45) is 0 Å². The van der Waals surface area contributed by atoms with Gasteiger partial charge >= 0.3 is 0 Å². The van der Waals surface area contributed by atoms with Crippen LogP contribution in [0, 0.1) is 0 Å². The van der Waals surface area contributed by atoms with Gasteiger partial charge in [0.25, 0.3) is 0 Å². The van der Waals surface area contributed by atoms with Crippen LogP contribution in [0.25, 0.3) is 88.8 Å². The molecule has 9 aromatic carbocycles. The Hall–Kier alpha value is -7.89. The van der Waals surface area contributed by atoms with E-state index in [1.54, 1.807) is 0 Å². The van der Waals surface area contributed by atoms with Crippen molar-refractivity contribution in [1.82, 2.24) is 15.0 Å². The number of benzene rings is 9. The van der Waals surface area contributed by atoms with Gasteiger partial charge in [-0.15, -0.1) is 0 Å². The van der Waals surface area contributed by atoms with Crippen LogP contribution in [0.15, 0.2) is 211 Å². The van der Waals surface area contributed by atoms with E-state index >= 15 is 0 Å². The van der Waals surface area contributed by atoms with Gasteiger partial charge in [0.2, 0.25) is 0 Å². The predicted molar refractivity (Wildman–Crippen MR) is 239 cm³/mol. The summed E-state index contributed by atoms with van der Waals surface area (Å²) in [5, 5.41) is 6.92. The number of aromatic nitrogens is 3. The third-order valence-corrected chi connectivity index (χ3v) is 10.9. The van der Waals surface area contributed by atoms with Crippen LogP contribution in [0.2, 0.25) is 0 Å². The Balaban J connectivity index is 1.12. The zero-order chi connectivity index (χ0) is 38.4. The van der Waals surface area contributed by atoms with Crippen molar-refractivity contribution in [1.29, 1.82) is 0 Å². The largest absolute Gasteiger partial charge is 0.456 e. The van der Waals surface area contributed by atoms with E-state index in [9.17, 15) is 0 Å². The smallest absolute Gasteiger partial charge is 0.164 e. The summed E-state index contributed by atoms with van der Waals surface area (Å²) in [6.45, 7) is 0. The van der Waals surface area contributed by atoms with Crippen molar-refractivity contribution in [2.45, 2.75) is 0 Å². The van der Waals surface area contributed by atoms with Crippen molar-refractivity contribution >= 4 is 60.5 Å². The highest BCUT2D eigenvalue weighted by atomic mass is 16.3. The molecule has 0 unspecified atom stereocenters. The molecule has 0 fully saturated rings. The maximum atomic E-state index is 6.66. The van der Waals surface area contributed by atoms with Gasteiger partial charge in [-0.05, 0) is 75.1 Å². The van der Waals surface area contributed by atoms with Gasteiger partial charge in [0.1, 0.15) is 11.2 Å². The fourth-order valence-corrected chi connectivity index (χ4v) is 8.18. The molecule has 11 rings (SSSR count). The normalized spacial score (nSPS) is 11.4. The summed E-state index contributed by atoms with van der Waals surface area (Å²) < 4.78 is 6.66. The van der Waals surface area contributed by atoms with Gasteiger partial charge in [0.15, 0.2) is 17.5 Å². The van der Waals surface area contributed by atoms with Crippen molar-refractivity contribution in [3.05, 3.63) is 206 Å². The lowest BCUT2D eigenvalue weighted by molar-refractivity contribution is 0.669. The van der Waals surface area contributed by atoms with E-state index in [2.05, 4.69) is 126 Å². The molecule has 0 radical (unpaired) electrons. The first-order valence-electron chi connectivity index (χ1n) is 19.4. The number of nitrogens with zero attached hydrogens (tertiary/aromatic N) is 4. The Bertz CT molecular complexity index is 3210. The van der Waals surface area contributed by atoms with Crippen LogP contribution >= 0.6 is 0 Å². The molecular weight excluding hydrogens is 709 g/mol. The van der Waals surface area contributed by atoms with Gasteiger partial charge in [-0.2, -0.15) is 0 Å². The molecule has 0 spiro atoms. The topological polar surface area (TPSA) is 55.1 Å². The third-order valence-electron chi connectivity index (χ3n) is 10.9. The van der Waals surface area contributed by atoms with Crippen molar-refractivity contribution in [2.75, 3.05) is 4.90 Å². The summed E-state index contributed by atoms with van der Waals surface area (Å²) in [4.78, 5) is 17.7. The molecule has 2 heterocycles. The fourth-order valence-electron chi connectivity index (χ4n) is 8.18. The van der Waals surface area contributed by atoms with Crippen molar-refractivity contribution in [3.8, 4) is 45.3 Å². The second-order valence-electron chi connectivity index (χ2n) is 14.4. The van der Waals surface area contributed by atoms with Crippen LogP contribution in [-0.4, -0.2) is 15.0 Å². The zero-order valence-corrected chi connectivity index (χ0v) is 31.3. The Morgan fingerprint density at radius 2 is 0.862 bits per heavy atom. The van der Waals surface area contributed by atoms with Gasteiger partial charge in [-0.3, -0.25) is 0 Å². The molecule has 0 saturated heterocycles. The quantitative estimate of drug-likeness (QED) is 0.152. The molecule has 5 heteroatoms. The monoisotopic (exact) mass is 742 g/mol. The van der Waals surface area contributed by atoms with E-state index in [4.69, 9.17) is 19.4 Å². The lowest BCUT2D eigenvalue weighted by Crippen LogP contribution is -2.10. The highest BCUT2D eigenvalue weighted by molar-refractivity contribution is 6.15. The average Bonchev–Trinajstić information content (AvgIpc) is 3.68. The van der Waals surface area contributed by atoms with Crippen LogP contribution in [0.3, 0.4) is 0 Å². The molecule has 11 aromatic rings. The van der Waals surface area contributed by atoms with E-state index in [0.29, 0.717) is 17.5 Å². The first-order valence-corrected chi connectivity index (χ1v) is 19.4. The summed E-state index contributed by atoms with van der Waals surface area (Å²) in [5.41, 5.74) is 9.53. The van der Waals surface area contributed by atoms with Crippen LogP contribution in [0.4, 0.5) is 17.1 Å². The average molecular weight is 743 g/mol. The van der Waals surface area contributed by atoms with Gasteiger partial charge < -0.3 is 9.32 Å². The lowest BCUT2D eigenvalue weighted by atomic mass is 9.93. The van der Waals surface area contributed by atoms with E-state index in [1.807, 2.05) is 84.9 Å². The highest BCUT2D eigenvalue weighted by Gasteiger charge is 2.22. The Kier molecular flexibility index (Phi) is 8.07. The molecule has 0 bridgehead atoms. The SMILES string of the molecule is c1ccc(-c2nc(-c3ccccc3)nc(-c3cc(N(c4ccccc4)c4ccc(-c5cc6ccccc6c6ccccc56)cc4)cc4oc5ccccc5c34)n2)cc1. The molecule has 0 aliphatic carbocycles. The molecule has 272 valence electrons. The van der Waals surface area contributed by atoms with Crippen LogP contribution in [0.5, 0.6) is 0 Å². The van der Waals surface area contributed by atoms with E-state index < -0.39 is 0 Å². The first-order chi connectivity index (χ1) is 28.7. The molecule has 0 saturated carbocycles. The predicted octanol–water partition coefficient (Wildman–Crippen LogP) is 14.2. The number of anilines is 3. The van der Waals surface area contributed by atoms with E-state index in [0.717, 1.165) is 61.3 Å². The summed E-state index contributed by atoms with van der Waals surface area (Å²) in [6, 6.07) is 71.6. The first kappa shape index (κ1) is 33.4. The number of rotatable bonds is 7. The van der Waals surface area contributed by atoms with Crippen LogP contribution in [-0.2, 0) is 0 Å². The maximum absolute atomic E-state index is 6.66. The maximum Gasteiger partial charge on any atom is 0.164 e. The van der Waals surface area contributed by atoms with Gasteiger partial charge in [-0.25, -0.2) is 15.0 Å². The van der Waals surface area contributed by atoms with Crippen molar-refractivity contribution < 1.29 is 4.42 Å². The Morgan fingerprint density at radius 3 is 1.55 bits per heavy atom. The van der Waals surface area contributed by atoms with Crippen LogP contribution in [0.1, 0.15) is 0 Å². The van der Waals surface area contributed by atoms with Crippen LogP contribution < -0.4 is 4.90 Å². The fraction of sp³-hybridized carbons (Fsp3) is 0. The molecule has 2 aromatic heterocycles. The zero-order valence-electron chi connectivity index (χ0n) is 31.3. The molecule has 0 amide bonds. The molecule has 0 aliphatic rings. The lowest BCUT2D eigenvalue weighted by Gasteiger charge is -2.26. The Labute approximate surface area is 335 Å². The standard InChI is InChI=1S/C53H34N4O/c1-4-16-36(17-5-1)51-54-52(37-18-6-2-7-19-37)56-53(55-51)47-33-41(34-49-50(47)45-26-14-15-27-48(45)58-49)57(39-21-8-3-9-22-39)40-30-28-35(29-31-40)46-32-38-20-10-11-23-42(38)43-24-12-13-25-44(43)46/h1-34H. The number of fused-ring (bicyclic) bond motifs is 6. The van der Waals surface area contributed by atoms with Crippen molar-refractivity contribution in [3.63, 3.8) is 0 Å². The summed E-state index contributed by atoms with van der Waals surface area (Å²) >= 11 is 0. The number of furan rings is 1. The van der Waals surface area contributed by atoms with E-state index in [1.165, 1.54) is 27.1 Å². The summed E-state index contributed by atoms with van der Waals surface area (Å²) in [6.07, 6.45) is 0. The summed E-state index contributed by atoms with van der Waals surface area (Å²) in [7, 11) is 0. The molecular formula is C53H34N4O. The third kappa shape index (κ3) is 5.85. The minimum absolute atomic E-state index is 0.567. The Morgan fingerprint density at radius 1 is 0.328 bits per heavy atom. The highest BCUT2D eigenvalue weighted by Crippen LogP contribution is 2.44. The minimum Gasteiger partial charge on any atom is -0.456 e. The van der Waals surface area contributed by atoms with Gasteiger partial charge in [0, 0.05) is 44.9 Å². The number of hydrogen-bond acceptors (Lipinski definition) is 5. The van der Waals surface area contributed by atoms with Gasteiger partial charge in [-0.1, -0.05) is 158 Å². The second kappa shape index (κ2) is 14.0. The molecule has 0 N–H and O–H groups in total. The van der Waals surface area contributed by atoms with Gasteiger partial charge in [0.05, 0.1) is 5.69 Å². The minimum atomic E-state index is 0.567. The molecule has 0 atom stereocenters. The number of para-hydroxylation sites is 2. The second-order valence-corrected chi connectivity index (χ2v) is 14.4. The number of hydrogen-bond donors (Lipinski definition) is 0. The molecule has 5 nitrogen and oxygen atoms in total. The molecule has 58 heavy (non-hydrogen) atoms. The summed E-state index contributed by atoms with van der Waals surface area (Å²) in [5.74, 6) is 1.78. The molecule has 0 aliphatic heterocycles.